The Kier molecular flexibility index (Phi) is 4.02. The summed E-state index contributed by atoms with van der Waals surface area (Å²) in [5, 5.41) is 1.11. The Morgan fingerprint density at radius 2 is 2.12 bits per heavy atom. The van der Waals surface area contributed by atoms with Crippen LogP contribution in [0.25, 0.3) is 11.0 Å². The summed E-state index contributed by atoms with van der Waals surface area (Å²) >= 11 is 0. The second kappa shape index (κ2) is 6.32. The van der Waals surface area contributed by atoms with Gasteiger partial charge in [-0.25, -0.2) is 13.8 Å². The van der Waals surface area contributed by atoms with Gasteiger partial charge in [-0.3, -0.25) is 4.90 Å². The topological polar surface area (TPSA) is 31.9 Å². The minimum Gasteiger partial charge on any atom is -0.343 e. The number of pyridine rings is 1. The SMILES string of the molecule is Fc1cccc(CN2CCCC(c3cc4cccnc4[nH]3)C2)c1F. The Balaban J connectivity index is 1.52. The first kappa shape index (κ1) is 15.3. The summed E-state index contributed by atoms with van der Waals surface area (Å²) in [5.74, 6) is -1.14. The zero-order valence-electron chi connectivity index (χ0n) is 13.3. The molecule has 1 fully saturated rings. The van der Waals surface area contributed by atoms with Gasteiger partial charge in [0.2, 0.25) is 0 Å². The predicted molar refractivity (Wildman–Crippen MR) is 89.7 cm³/mol. The lowest BCUT2D eigenvalue weighted by Crippen LogP contribution is -2.34. The van der Waals surface area contributed by atoms with Crippen LogP contribution in [0.4, 0.5) is 8.78 Å². The lowest BCUT2D eigenvalue weighted by molar-refractivity contribution is 0.196. The molecule has 2 aromatic heterocycles. The minimum absolute atomic E-state index is 0.365. The van der Waals surface area contributed by atoms with Crippen LogP contribution in [-0.4, -0.2) is 28.0 Å². The normalized spacial score (nSPS) is 19.0. The van der Waals surface area contributed by atoms with Crippen molar-refractivity contribution in [3.63, 3.8) is 0 Å². The summed E-state index contributed by atoms with van der Waals surface area (Å²) in [6, 6.07) is 10.5. The molecule has 0 aliphatic carbocycles. The molecule has 1 atom stereocenters. The van der Waals surface area contributed by atoms with Crippen LogP contribution >= 0.6 is 0 Å². The van der Waals surface area contributed by atoms with Gasteiger partial charge < -0.3 is 4.98 Å². The van der Waals surface area contributed by atoms with Crippen molar-refractivity contribution in [2.75, 3.05) is 13.1 Å². The molecule has 4 rings (SSSR count). The first-order valence-corrected chi connectivity index (χ1v) is 8.29. The number of benzene rings is 1. The molecule has 1 aliphatic rings. The third-order valence-electron chi connectivity index (χ3n) is 4.78. The molecule has 0 saturated carbocycles. The van der Waals surface area contributed by atoms with Crippen LogP contribution < -0.4 is 0 Å². The predicted octanol–water partition coefficient (Wildman–Crippen LogP) is 4.22. The Labute approximate surface area is 139 Å². The molecule has 1 unspecified atom stereocenters. The fraction of sp³-hybridized carbons (Fsp3) is 0.316. The monoisotopic (exact) mass is 327 g/mol. The highest BCUT2D eigenvalue weighted by atomic mass is 19.2. The number of rotatable bonds is 3. The van der Waals surface area contributed by atoms with Crippen molar-refractivity contribution in [1.29, 1.82) is 0 Å². The molecule has 124 valence electrons. The molecule has 1 saturated heterocycles. The Bertz CT molecular complexity index is 826. The number of nitrogens with zero attached hydrogens (tertiary/aromatic N) is 2. The molecule has 1 aliphatic heterocycles. The van der Waals surface area contributed by atoms with Gasteiger partial charge in [0.25, 0.3) is 0 Å². The highest BCUT2D eigenvalue weighted by Crippen LogP contribution is 2.29. The van der Waals surface area contributed by atoms with Crippen LogP contribution in [0.1, 0.15) is 30.0 Å². The first-order valence-electron chi connectivity index (χ1n) is 8.29. The maximum atomic E-state index is 13.9. The highest BCUT2D eigenvalue weighted by molar-refractivity contribution is 5.76. The number of hydrogen-bond acceptors (Lipinski definition) is 2. The van der Waals surface area contributed by atoms with E-state index in [-0.39, 0.29) is 0 Å². The van der Waals surface area contributed by atoms with Crippen molar-refractivity contribution >= 4 is 11.0 Å². The molecular formula is C19H19F2N3. The summed E-state index contributed by atoms with van der Waals surface area (Å²) in [6.07, 6.45) is 3.92. The van der Waals surface area contributed by atoms with Gasteiger partial charge in [0.15, 0.2) is 11.6 Å². The van der Waals surface area contributed by atoms with E-state index in [9.17, 15) is 8.78 Å². The second-order valence-electron chi connectivity index (χ2n) is 6.45. The van der Waals surface area contributed by atoms with Crippen LogP contribution in [0.15, 0.2) is 42.6 Å². The molecule has 3 heterocycles. The van der Waals surface area contributed by atoms with Crippen molar-refractivity contribution in [2.24, 2.45) is 0 Å². The van der Waals surface area contributed by atoms with E-state index < -0.39 is 11.6 Å². The number of fused-ring (bicyclic) bond motifs is 1. The van der Waals surface area contributed by atoms with Crippen LogP contribution in [0.2, 0.25) is 0 Å². The van der Waals surface area contributed by atoms with Gasteiger partial charge in [-0.1, -0.05) is 12.1 Å². The van der Waals surface area contributed by atoms with Crippen molar-refractivity contribution in [1.82, 2.24) is 14.9 Å². The van der Waals surface area contributed by atoms with E-state index in [1.165, 1.54) is 5.69 Å². The van der Waals surface area contributed by atoms with Crippen LogP contribution in [-0.2, 0) is 6.54 Å². The number of aromatic amines is 1. The molecule has 3 nitrogen and oxygen atoms in total. The molecule has 1 N–H and O–H groups in total. The van der Waals surface area contributed by atoms with Crippen molar-refractivity contribution in [3.8, 4) is 0 Å². The first-order chi connectivity index (χ1) is 11.7. The molecule has 1 aromatic carbocycles. The number of hydrogen-bond donors (Lipinski definition) is 1. The average Bonchev–Trinajstić information content (AvgIpc) is 3.03. The van der Waals surface area contributed by atoms with Crippen LogP contribution in [0.5, 0.6) is 0 Å². The van der Waals surface area contributed by atoms with E-state index >= 15 is 0 Å². The zero-order chi connectivity index (χ0) is 16.5. The van der Waals surface area contributed by atoms with E-state index in [2.05, 4.69) is 20.9 Å². The number of piperidine rings is 1. The van der Waals surface area contributed by atoms with Crippen molar-refractivity contribution < 1.29 is 8.78 Å². The Hall–Kier alpha value is -2.27. The Morgan fingerprint density at radius 1 is 1.21 bits per heavy atom. The number of H-pyrrole nitrogens is 1. The fourth-order valence-corrected chi connectivity index (χ4v) is 3.56. The van der Waals surface area contributed by atoms with Gasteiger partial charge >= 0.3 is 0 Å². The summed E-state index contributed by atoms with van der Waals surface area (Å²) < 4.78 is 27.3. The second-order valence-corrected chi connectivity index (χ2v) is 6.45. The van der Waals surface area contributed by atoms with Gasteiger partial charge in [0.1, 0.15) is 5.65 Å². The minimum atomic E-state index is -0.775. The average molecular weight is 327 g/mol. The molecule has 0 spiro atoms. The fourth-order valence-electron chi connectivity index (χ4n) is 3.56. The third-order valence-corrected chi connectivity index (χ3v) is 4.78. The summed E-state index contributed by atoms with van der Waals surface area (Å²) in [5.41, 5.74) is 2.50. The molecule has 3 aromatic rings. The van der Waals surface area contributed by atoms with Crippen LogP contribution in [0.3, 0.4) is 0 Å². The van der Waals surface area contributed by atoms with E-state index in [1.54, 1.807) is 18.3 Å². The van der Waals surface area contributed by atoms with E-state index in [4.69, 9.17) is 0 Å². The summed E-state index contributed by atoms with van der Waals surface area (Å²) in [7, 11) is 0. The number of nitrogens with one attached hydrogen (secondary N) is 1. The largest absolute Gasteiger partial charge is 0.343 e. The highest BCUT2D eigenvalue weighted by Gasteiger charge is 2.24. The van der Waals surface area contributed by atoms with Crippen LogP contribution in [0, 0.1) is 11.6 Å². The molecule has 5 heteroatoms. The van der Waals surface area contributed by atoms with Crippen molar-refractivity contribution in [3.05, 3.63) is 65.5 Å². The van der Waals surface area contributed by atoms with Gasteiger partial charge in [-0.05, 0) is 43.7 Å². The standard InChI is InChI=1S/C19H19F2N3/c20-16-7-1-4-15(18(16)21)12-24-9-3-6-14(11-24)17-10-13-5-2-8-22-19(13)23-17/h1-2,4-5,7-8,10,14H,3,6,9,11-12H2,(H,22,23). The lowest BCUT2D eigenvalue weighted by atomic mass is 9.94. The lowest BCUT2D eigenvalue weighted by Gasteiger charge is -2.32. The number of halogens is 2. The van der Waals surface area contributed by atoms with Gasteiger partial charge in [0, 0.05) is 41.8 Å². The van der Waals surface area contributed by atoms with Gasteiger partial charge in [-0.2, -0.15) is 0 Å². The van der Waals surface area contributed by atoms with E-state index in [0.717, 1.165) is 43.0 Å². The zero-order valence-corrected chi connectivity index (χ0v) is 13.3. The quantitative estimate of drug-likeness (QED) is 0.781. The molecule has 0 amide bonds. The summed E-state index contributed by atoms with van der Waals surface area (Å²) in [6.45, 7) is 2.19. The van der Waals surface area contributed by atoms with E-state index in [1.807, 2.05) is 12.1 Å². The molecule has 24 heavy (non-hydrogen) atoms. The van der Waals surface area contributed by atoms with Gasteiger partial charge in [0.05, 0.1) is 0 Å². The number of likely N-dealkylation sites (tertiary alicyclic amines) is 1. The molecular weight excluding hydrogens is 308 g/mol. The van der Waals surface area contributed by atoms with E-state index in [0.29, 0.717) is 18.0 Å². The third kappa shape index (κ3) is 2.91. The van der Waals surface area contributed by atoms with Crippen molar-refractivity contribution in [2.45, 2.75) is 25.3 Å². The molecule has 0 bridgehead atoms. The maximum Gasteiger partial charge on any atom is 0.163 e. The smallest absolute Gasteiger partial charge is 0.163 e. The number of aromatic nitrogens is 2. The summed E-state index contributed by atoms with van der Waals surface area (Å²) in [4.78, 5) is 9.94. The Morgan fingerprint density at radius 3 is 3.00 bits per heavy atom. The maximum absolute atomic E-state index is 13.9. The van der Waals surface area contributed by atoms with Gasteiger partial charge in [-0.15, -0.1) is 0 Å². The molecule has 0 radical (unpaired) electrons.